The van der Waals surface area contributed by atoms with Crippen LogP contribution in [0.1, 0.15) is 51.5 Å². The summed E-state index contributed by atoms with van der Waals surface area (Å²) in [5.41, 5.74) is 2.74. The second-order valence-corrected chi connectivity index (χ2v) is 6.70. The van der Waals surface area contributed by atoms with Gasteiger partial charge in [0.25, 0.3) is 0 Å². The highest BCUT2D eigenvalue weighted by Gasteiger charge is 2.26. The summed E-state index contributed by atoms with van der Waals surface area (Å²) in [6.45, 7) is 6.18. The fourth-order valence-corrected chi connectivity index (χ4v) is 3.01. The predicted octanol–water partition coefficient (Wildman–Crippen LogP) is 2.45. The quantitative estimate of drug-likeness (QED) is 0.466. The van der Waals surface area contributed by atoms with Gasteiger partial charge in [-0.2, -0.15) is 0 Å². The molecule has 1 heterocycles. The average Bonchev–Trinajstić information content (AvgIpc) is 2.99. The van der Waals surface area contributed by atoms with Crippen molar-refractivity contribution in [3.63, 3.8) is 0 Å². The Hall–Kier alpha value is -3.42. The number of ether oxygens (including phenoxy) is 1. The number of esters is 1. The first-order chi connectivity index (χ1) is 13.7. The van der Waals surface area contributed by atoms with Crippen LogP contribution >= 0.6 is 0 Å². The Morgan fingerprint density at radius 3 is 2.31 bits per heavy atom. The highest BCUT2D eigenvalue weighted by molar-refractivity contribution is 6.05. The molecule has 0 aliphatic rings. The maximum Gasteiger partial charge on any atom is 0.326 e. The van der Waals surface area contributed by atoms with Gasteiger partial charge in [0, 0.05) is 17.8 Å². The molecule has 8 heteroatoms. The minimum Gasteiger partial charge on any atom is -0.453 e. The maximum atomic E-state index is 12.6. The molecule has 154 valence electrons. The molecule has 1 aromatic carbocycles. The molecule has 0 fully saturated rings. The summed E-state index contributed by atoms with van der Waals surface area (Å²) in [7, 11) is 0. The topological polar surface area (TPSA) is 117 Å². The van der Waals surface area contributed by atoms with Crippen molar-refractivity contribution in [1.82, 2.24) is 15.6 Å². The van der Waals surface area contributed by atoms with Crippen LogP contribution in [0.15, 0.2) is 30.3 Å². The van der Waals surface area contributed by atoms with E-state index in [9.17, 15) is 19.2 Å². The van der Waals surface area contributed by atoms with Crippen LogP contribution in [0.25, 0.3) is 0 Å². The molecular weight excluding hydrogens is 374 g/mol. The zero-order chi connectivity index (χ0) is 21.6. The Kier molecular flexibility index (Phi) is 7.30. The van der Waals surface area contributed by atoms with Crippen LogP contribution in [0.4, 0.5) is 4.79 Å². The second kappa shape index (κ2) is 9.68. The SMILES string of the molecule is CC(=O)c1c(C)[nH]c(C(=O)C(C)OC(=O)CNC(=O)NCc2ccccc2)c1C. The highest BCUT2D eigenvalue weighted by Crippen LogP contribution is 2.20. The molecule has 29 heavy (non-hydrogen) atoms. The summed E-state index contributed by atoms with van der Waals surface area (Å²) in [5.74, 6) is -1.33. The van der Waals surface area contributed by atoms with Crippen LogP contribution < -0.4 is 10.6 Å². The van der Waals surface area contributed by atoms with Gasteiger partial charge in [-0.05, 0) is 38.8 Å². The number of H-pyrrole nitrogens is 1. The summed E-state index contributed by atoms with van der Waals surface area (Å²) in [4.78, 5) is 50.9. The van der Waals surface area contributed by atoms with Crippen molar-refractivity contribution in [2.75, 3.05) is 6.54 Å². The Balaban J connectivity index is 1.84. The molecule has 0 aliphatic heterocycles. The van der Waals surface area contributed by atoms with Crippen molar-refractivity contribution in [2.24, 2.45) is 0 Å². The molecule has 3 N–H and O–H groups in total. The molecule has 2 amide bonds. The third-order valence-electron chi connectivity index (χ3n) is 4.40. The van der Waals surface area contributed by atoms with Gasteiger partial charge < -0.3 is 20.4 Å². The molecule has 1 atom stereocenters. The fraction of sp³-hybridized carbons (Fsp3) is 0.333. The van der Waals surface area contributed by atoms with E-state index in [4.69, 9.17) is 4.74 Å². The smallest absolute Gasteiger partial charge is 0.326 e. The number of rotatable bonds is 8. The van der Waals surface area contributed by atoms with Crippen molar-refractivity contribution < 1.29 is 23.9 Å². The first kappa shape index (κ1) is 21.9. The van der Waals surface area contributed by atoms with Crippen LogP contribution in [-0.4, -0.2) is 41.2 Å². The molecule has 0 spiro atoms. The van der Waals surface area contributed by atoms with Gasteiger partial charge >= 0.3 is 12.0 Å². The van der Waals surface area contributed by atoms with E-state index in [2.05, 4.69) is 15.6 Å². The van der Waals surface area contributed by atoms with Crippen LogP contribution in [0.5, 0.6) is 0 Å². The lowest BCUT2D eigenvalue weighted by Gasteiger charge is -2.13. The van der Waals surface area contributed by atoms with Crippen molar-refractivity contribution in [3.8, 4) is 0 Å². The molecule has 1 unspecified atom stereocenters. The monoisotopic (exact) mass is 399 g/mol. The zero-order valence-corrected chi connectivity index (χ0v) is 16.9. The maximum absolute atomic E-state index is 12.6. The first-order valence-corrected chi connectivity index (χ1v) is 9.20. The molecule has 0 saturated heterocycles. The van der Waals surface area contributed by atoms with Crippen LogP contribution in [0, 0.1) is 13.8 Å². The number of benzene rings is 1. The van der Waals surface area contributed by atoms with Crippen molar-refractivity contribution in [3.05, 3.63) is 58.4 Å². The molecule has 2 aromatic rings. The number of amides is 2. The number of Topliss-reactive ketones (excluding diaryl/α,β-unsaturated/α-hetero) is 2. The molecule has 0 bridgehead atoms. The predicted molar refractivity (Wildman–Crippen MR) is 107 cm³/mol. The van der Waals surface area contributed by atoms with E-state index in [1.807, 2.05) is 30.3 Å². The van der Waals surface area contributed by atoms with E-state index in [-0.39, 0.29) is 18.0 Å². The number of urea groups is 1. The Bertz CT molecular complexity index is 918. The standard InChI is InChI=1S/C21H25N3O5/c1-12-18(14(3)25)13(2)24-19(12)20(27)15(4)29-17(26)11-23-21(28)22-10-16-8-6-5-7-9-16/h5-9,15,24H,10-11H2,1-4H3,(H2,22,23,28). The van der Waals surface area contributed by atoms with Gasteiger partial charge in [0.05, 0.1) is 5.69 Å². The molecule has 8 nitrogen and oxygen atoms in total. The number of nitrogens with one attached hydrogen (secondary N) is 3. The molecule has 1 aromatic heterocycles. The van der Waals surface area contributed by atoms with Crippen LogP contribution in [0.3, 0.4) is 0 Å². The van der Waals surface area contributed by atoms with E-state index in [0.29, 0.717) is 23.4 Å². The summed E-state index contributed by atoms with van der Waals surface area (Å²) in [6.07, 6.45) is -1.06. The van der Waals surface area contributed by atoms with Gasteiger partial charge in [-0.15, -0.1) is 0 Å². The Labute approximate surface area is 169 Å². The van der Waals surface area contributed by atoms with Gasteiger partial charge in [0.1, 0.15) is 6.54 Å². The number of ketones is 2. The van der Waals surface area contributed by atoms with E-state index < -0.39 is 23.9 Å². The number of aromatic amines is 1. The number of aromatic nitrogens is 1. The molecule has 0 saturated carbocycles. The molecule has 0 aliphatic carbocycles. The summed E-state index contributed by atoms with van der Waals surface area (Å²) in [5, 5.41) is 5.01. The van der Waals surface area contributed by atoms with Gasteiger partial charge in [0.15, 0.2) is 11.9 Å². The third kappa shape index (κ3) is 5.78. The minimum atomic E-state index is -1.06. The average molecular weight is 399 g/mol. The zero-order valence-electron chi connectivity index (χ0n) is 16.9. The van der Waals surface area contributed by atoms with E-state index in [1.165, 1.54) is 13.8 Å². The van der Waals surface area contributed by atoms with Crippen molar-refractivity contribution >= 4 is 23.6 Å². The van der Waals surface area contributed by atoms with Crippen LogP contribution in [0.2, 0.25) is 0 Å². The molecular formula is C21H25N3O5. The highest BCUT2D eigenvalue weighted by atomic mass is 16.5. The Morgan fingerprint density at radius 2 is 1.72 bits per heavy atom. The molecule has 2 rings (SSSR count). The number of hydrogen-bond donors (Lipinski definition) is 3. The van der Waals surface area contributed by atoms with E-state index in [1.54, 1.807) is 13.8 Å². The van der Waals surface area contributed by atoms with E-state index in [0.717, 1.165) is 5.56 Å². The van der Waals surface area contributed by atoms with Crippen molar-refractivity contribution in [2.45, 2.75) is 40.3 Å². The van der Waals surface area contributed by atoms with Gasteiger partial charge in [-0.1, -0.05) is 30.3 Å². The normalized spacial score (nSPS) is 11.4. The summed E-state index contributed by atoms with van der Waals surface area (Å²) in [6, 6.07) is 8.80. The van der Waals surface area contributed by atoms with Crippen molar-refractivity contribution in [1.29, 1.82) is 0 Å². The van der Waals surface area contributed by atoms with Gasteiger partial charge in [-0.3, -0.25) is 14.4 Å². The number of carbonyl (C=O) groups excluding carboxylic acids is 4. The lowest BCUT2D eigenvalue weighted by molar-refractivity contribution is -0.145. The fourth-order valence-electron chi connectivity index (χ4n) is 3.01. The lowest BCUT2D eigenvalue weighted by atomic mass is 10.0. The number of aryl methyl sites for hydroxylation is 1. The second-order valence-electron chi connectivity index (χ2n) is 6.70. The Morgan fingerprint density at radius 1 is 1.07 bits per heavy atom. The van der Waals surface area contributed by atoms with Gasteiger partial charge in [0.2, 0.25) is 5.78 Å². The largest absolute Gasteiger partial charge is 0.453 e. The number of hydrogen-bond acceptors (Lipinski definition) is 5. The van der Waals surface area contributed by atoms with Gasteiger partial charge in [-0.25, -0.2) is 4.79 Å². The number of carbonyl (C=O) groups is 4. The lowest BCUT2D eigenvalue weighted by Crippen LogP contribution is -2.39. The first-order valence-electron chi connectivity index (χ1n) is 9.20. The van der Waals surface area contributed by atoms with E-state index >= 15 is 0 Å². The van der Waals surface area contributed by atoms with Crippen LogP contribution in [-0.2, 0) is 16.1 Å². The third-order valence-corrected chi connectivity index (χ3v) is 4.40. The summed E-state index contributed by atoms with van der Waals surface area (Å²) >= 11 is 0. The summed E-state index contributed by atoms with van der Waals surface area (Å²) < 4.78 is 5.11. The molecule has 0 radical (unpaired) electrons. The minimum absolute atomic E-state index is 0.148.